The number of ether oxygens (including phenoxy) is 2. The lowest BCUT2D eigenvalue weighted by Gasteiger charge is -2.15. The van der Waals surface area contributed by atoms with Crippen molar-refractivity contribution in [3.05, 3.63) is 0 Å². The van der Waals surface area contributed by atoms with Crippen LogP contribution < -0.4 is 0 Å². The molecule has 0 unspecified atom stereocenters. The van der Waals surface area contributed by atoms with E-state index in [1.807, 2.05) is 0 Å². The van der Waals surface area contributed by atoms with Crippen LogP contribution in [0.1, 0.15) is 52.9 Å². The van der Waals surface area contributed by atoms with Gasteiger partial charge in [-0.1, -0.05) is 32.6 Å². The van der Waals surface area contributed by atoms with Crippen LogP contribution in [-0.2, 0) is 14.3 Å². The molecule has 0 amide bonds. The lowest BCUT2D eigenvalue weighted by molar-refractivity contribution is -0.152. The fourth-order valence-corrected chi connectivity index (χ4v) is 2.02. The summed E-state index contributed by atoms with van der Waals surface area (Å²) < 4.78 is 10.4. The van der Waals surface area contributed by atoms with Crippen LogP contribution in [0.2, 0.25) is 0 Å². The predicted octanol–water partition coefficient (Wildman–Crippen LogP) is 2.71. The number of nitrogens with zero attached hydrogens (tertiary/aromatic N) is 1. The van der Waals surface area contributed by atoms with Gasteiger partial charge in [-0.2, -0.15) is 0 Å². The van der Waals surface area contributed by atoms with Crippen molar-refractivity contribution in [2.45, 2.75) is 65.0 Å². The van der Waals surface area contributed by atoms with E-state index in [0.29, 0.717) is 12.5 Å². The second kappa shape index (κ2) is 7.30. The van der Waals surface area contributed by atoms with E-state index in [2.05, 4.69) is 11.9 Å². The van der Waals surface area contributed by atoms with Crippen LogP contribution in [0.15, 0.2) is 4.99 Å². The Morgan fingerprint density at radius 2 is 2.12 bits per heavy atom. The highest BCUT2D eigenvalue weighted by atomic mass is 16.6. The Labute approximate surface area is 103 Å². The van der Waals surface area contributed by atoms with Crippen molar-refractivity contribution in [1.29, 1.82) is 0 Å². The molecule has 0 aromatic heterocycles. The summed E-state index contributed by atoms with van der Waals surface area (Å²) in [5.74, 6) is 0.317. The van der Waals surface area contributed by atoms with Gasteiger partial charge in [0.2, 0.25) is 6.10 Å². The summed E-state index contributed by atoms with van der Waals surface area (Å²) >= 11 is 0. The summed E-state index contributed by atoms with van der Waals surface area (Å²) in [7, 11) is 0. The lowest BCUT2D eigenvalue weighted by atomic mass is 10.0. The minimum Gasteiger partial charge on any atom is -0.464 e. The van der Waals surface area contributed by atoms with Gasteiger partial charge in [-0.25, -0.2) is 9.79 Å². The number of carbonyl (C=O) groups is 1. The van der Waals surface area contributed by atoms with E-state index in [-0.39, 0.29) is 12.0 Å². The fourth-order valence-electron chi connectivity index (χ4n) is 2.02. The highest BCUT2D eigenvalue weighted by Crippen LogP contribution is 2.20. The maximum atomic E-state index is 11.7. The zero-order chi connectivity index (χ0) is 12.7. The molecule has 4 heteroatoms. The van der Waals surface area contributed by atoms with Crippen molar-refractivity contribution < 1.29 is 14.3 Å². The van der Waals surface area contributed by atoms with Gasteiger partial charge in [-0.15, -0.1) is 0 Å². The van der Waals surface area contributed by atoms with Gasteiger partial charge in [0.1, 0.15) is 6.04 Å². The first-order valence-electron chi connectivity index (χ1n) is 6.56. The summed E-state index contributed by atoms with van der Waals surface area (Å²) in [6.07, 6.45) is 5.12. The number of rotatable bonds is 7. The first kappa shape index (κ1) is 14.0. The molecule has 1 heterocycles. The molecule has 4 nitrogen and oxygen atoms in total. The standard InChI is InChI=1S/C13H23NO3/c1-4-6-7-8-9-11-12(13(15)16-5-2)17-10(3)14-11/h11-12H,4-9H2,1-3H3/t11-,12+/m1/s1. The molecule has 0 radical (unpaired) electrons. The number of hydrogen-bond donors (Lipinski definition) is 0. The smallest absolute Gasteiger partial charge is 0.349 e. The molecule has 17 heavy (non-hydrogen) atoms. The summed E-state index contributed by atoms with van der Waals surface area (Å²) in [5.41, 5.74) is 0. The number of esters is 1. The molecule has 0 spiro atoms. The molecule has 0 aromatic carbocycles. The van der Waals surface area contributed by atoms with Crippen LogP contribution in [0, 0.1) is 0 Å². The molecule has 1 rings (SSSR count). The number of hydrogen-bond acceptors (Lipinski definition) is 4. The monoisotopic (exact) mass is 241 g/mol. The van der Waals surface area contributed by atoms with Gasteiger partial charge >= 0.3 is 5.97 Å². The van der Waals surface area contributed by atoms with E-state index in [9.17, 15) is 4.79 Å². The highest BCUT2D eigenvalue weighted by Gasteiger charge is 2.35. The third-order valence-corrected chi connectivity index (χ3v) is 2.87. The molecule has 2 atom stereocenters. The second-order valence-electron chi connectivity index (χ2n) is 4.36. The summed E-state index contributed by atoms with van der Waals surface area (Å²) in [5, 5.41) is 0. The molecule has 0 N–H and O–H groups in total. The van der Waals surface area contributed by atoms with Crippen LogP contribution in [-0.4, -0.2) is 30.6 Å². The average molecular weight is 241 g/mol. The Morgan fingerprint density at radius 3 is 2.76 bits per heavy atom. The van der Waals surface area contributed by atoms with Crippen LogP contribution in [0.25, 0.3) is 0 Å². The molecule has 0 saturated carbocycles. The molecule has 0 saturated heterocycles. The fraction of sp³-hybridized carbons (Fsp3) is 0.846. The normalized spacial score (nSPS) is 23.1. The Morgan fingerprint density at radius 1 is 1.35 bits per heavy atom. The third kappa shape index (κ3) is 4.36. The maximum absolute atomic E-state index is 11.7. The lowest BCUT2D eigenvalue weighted by Crippen LogP contribution is -2.33. The molecule has 0 aliphatic carbocycles. The first-order chi connectivity index (χ1) is 8.19. The van der Waals surface area contributed by atoms with E-state index < -0.39 is 6.10 Å². The average Bonchev–Trinajstić information content (AvgIpc) is 2.66. The van der Waals surface area contributed by atoms with Crippen molar-refractivity contribution >= 4 is 11.9 Å². The van der Waals surface area contributed by atoms with E-state index in [1.165, 1.54) is 19.3 Å². The van der Waals surface area contributed by atoms with E-state index >= 15 is 0 Å². The maximum Gasteiger partial charge on any atom is 0.349 e. The van der Waals surface area contributed by atoms with Gasteiger partial charge in [-0.3, -0.25) is 0 Å². The summed E-state index contributed by atoms with van der Waals surface area (Å²) in [4.78, 5) is 16.0. The Balaban J connectivity index is 2.40. The zero-order valence-electron chi connectivity index (χ0n) is 11.1. The Hall–Kier alpha value is -1.06. The van der Waals surface area contributed by atoms with Gasteiger partial charge in [-0.05, 0) is 13.3 Å². The van der Waals surface area contributed by atoms with Crippen LogP contribution >= 0.6 is 0 Å². The van der Waals surface area contributed by atoms with Gasteiger partial charge in [0.15, 0.2) is 5.90 Å². The van der Waals surface area contributed by atoms with Crippen LogP contribution in [0.4, 0.5) is 0 Å². The zero-order valence-corrected chi connectivity index (χ0v) is 11.1. The quantitative estimate of drug-likeness (QED) is 0.508. The SMILES string of the molecule is CCCCCC[C@H]1N=C(C)O[C@@H]1C(=O)OCC. The number of carbonyl (C=O) groups excluding carboxylic acids is 1. The molecule has 1 aliphatic rings. The minimum atomic E-state index is -0.517. The van der Waals surface area contributed by atoms with Gasteiger partial charge in [0, 0.05) is 6.92 Å². The van der Waals surface area contributed by atoms with Crippen molar-refractivity contribution in [2.24, 2.45) is 4.99 Å². The van der Waals surface area contributed by atoms with E-state index in [1.54, 1.807) is 13.8 Å². The Bertz CT molecular complexity index is 276. The molecule has 1 aliphatic heterocycles. The third-order valence-electron chi connectivity index (χ3n) is 2.87. The molecule has 0 bridgehead atoms. The van der Waals surface area contributed by atoms with Gasteiger partial charge in [0.25, 0.3) is 0 Å². The summed E-state index contributed by atoms with van der Waals surface area (Å²) in [6.45, 7) is 6.16. The number of aliphatic imine (C=N–C) groups is 1. The van der Waals surface area contributed by atoms with Crippen molar-refractivity contribution in [1.82, 2.24) is 0 Å². The molecule has 0 aromatic rings. The Kier molecular flexibility index (Phi) is 6.01. The van der Waals surface area contributed by atoms with Crippen molar-refractivity contribution in [3.63, 3.8) is 0 Å². The van der Waals surface area contributed by atoms with Crippen molar-refractivity contribution in [2.75, 3.05) is 6.61 Å². The van der Waals surface area contributed by atoms with Crippen LogP contribution in [0.3, 0.4) is 0 Å². The summed E-state index contributed by atoms with van der Waals surface area (Å²) in [6, 6.07) is -0.0501. The largest absolute Gasteiger partial charge is 0.464 e. The predicted molar refractivity (Wildman–Crippen MR) is 67.2 cm³/mol. The first-order valence-corrected chi connectivity index (χ1v) is 6.56. The van der Waals surface area contributed by atoms with E-state index in [4.69, 9.17) is 9.47 Å². The molecule has 0 fully saturated rings. The minimum absolute atomic E-state index is 0.0501. The molecular weight excluding hydrogens is 218 g/mol. The topological polar surface area (TPSA) is 47.9 Å². The van der Waals surface area contributed by atoms with Gasteiger partial charge in [0.05, 0.1) is 6.61 Å². The highest BCUT2D eigenvalue weighted by molar-refractivity contribution is 5.84. The second-order valence-corrected chi connectivity index (χ2v) is 4.36. The molecule has 98 valence electrons. The molecular formula is C13H23NO3. The van der Waals surface area contributed by atoms with Gasteiger partial charge < -0.3 is 9.47 Å². The van der Waals surface area contributed by atoms with Crippen LogP contribution in [0.5, 0.6) is 0 Å². The van der Waals surface area contributed by atoms with E-state index in [0.717, 1.165) is 12.8 Å². The van der Waals surface area contributed by atoms with Crippen molar-refractivity contribution in [3.8, 4) is 0 Å². The number of unbranched alkanes of at least 4 members (excludes halogenated alkanes) is 3.